The Hall–Kier alpha value is -2.75. The van der Waals surface area contributed by atoms with Gasteiger partial charge in [-0.05, 0) is 33.6 Å². The van der Waals surface area contributed by atoms with Crippen LogP contribution in [-0.2, 0) is 9.53 Å². The van der Waals surface area contributed by atoms with Gasteiger partial charge in [0.05, 0.1) is 0 Å². The summed E-state index contributed by atoms with van der Waals surface area (Å²) in [7, 11) is 0. The number of nitrogens with zero attached hydrogens (tertiary/aromatic N) is 3. The minimum absolute atomic E-state index is 0.0354. The van der Waals surface area contributed by atoms with Gasteiger partial charge in [0.15, 0.2) is 0 Å². The predicted octanol–water partition coefficient (Wildman–Crippen LogP) is 2.58. The summed E-state index contributed by atoms with van der Waals surface area (Å²) in [6.45, 7) is 14.6. The number of likely N-dealkylation sites (tertiary alicyclic amines) is 1. The van der Waals surface area contributed by atoms with Gasteiger partial charge in [0.1, 0.15) is 17.2 Å². The molecule has 148 valence electrons. The molecule has 7 heteroatoms. The number of carbonyl (C=O) groups excluding carboxylic acids is 2. The van der Waals surface area contributed by atoms with Gasteiger partial charge in [-0.15, -0.1) is 13.2 Å². The van der Waals surface area contributed by atoms with Crippen molar-refractivity contribution in [3.63, 3.8) is 0 Å². The van der Waals surface area contributed by atoms with Crippen LogP contribution in [0.5, 0.6) is 0 Å². The van der Waals surface area contributed by atoms with E-state index in [1.807, 2.05) is 26.8 Å². The highest BCUT2D eigenvalue weighted by Gasteiger charge is 2.26. The lowest BCUT2D eigenvalue weighted by molar-refractivity contribution is -0.125. The number of piperidine rings is 1. The highest BCUT2D eigenvalue weighted by molar-refractivity contribution is 5.97. The molecule has 0 aromatic carbocycles. The molecule has 0 aliphatic carbocycles. The lowest BCUT2D eigenvalue weighted by Gasteiger charge is -2.33. The number of ether oxygens (including phenoxy) is 1. The van der Waals surface area contributed by atoms with E-state index in [2.05, 4.69) is 18.5 Å². The summed E-state index contributed by atoms with van der Waals surface area (Å²) in [5, 5.41) is 12.4. The van der Waals surface area contributed by atoms with Crippen molar-refractivity contribution in [2.24, 2.45) is 0 Å². The Labute approximate surface area is 161 Å². The summed E-state index contributed by atoms with van der Waals surface area (Å²) >= 11 is 0. The monoisotopic (exact) mass is 374 g/mol. The van der Waals surface area contributed by atoms with Crippen molar-refractivity contribution < 1.29 is 14.3 Å². The minimum atomic E-state index is -0.514. The zero-order valence-corrected chi connectivity index (χ0v) is 16.5. The fraction of sp³-hybridized carbons (Fsp3) is 0.550. The summed E-state index contributed by atoms with van der Waals surface area (Å²) in [6.07, 6.45) is 5.80. The summed E-state index contributed by atoms with van der Waals surface area (Å²) in [6, 6.07) is 2.04. The van der Waals surface area contributed by atoms with Gasteiger partial charge in [-0.25, -0.2) is 4.79 Å². The van der Waals surface area contributed by atoms with Crippen molar-refractivity contribution in [2.75, 3.05) is 26.2 Å². The molecule has 27 heavy (non-hydrogen) atoms. The second-order valence-electron chi connectivity index (χ2n) is 7.37. The van der Waals surface area contributed by atoms with E-state index in [-0.39, 0.29) is 23.6 Å². The van der Waals surface area contributed by atoms with Gasteiger partial charge in [-0.1, -0.05) is 12.2 Å². The fourth-order valence-electron chi connectivity index (χ4n) is 2.62. The molecule has 0 aromatic heterocycles. The summed E-state index contributed by atoms with van der Waals surface area (Å²) in [4.78, 5) is 27.7. The van der Waals surface area contributed by atoms with Crippen LogP contribution in [0, 0.1) is 11.3 Å². The number of hydrogen-bond acceptors (Lipinski definition) is 5. The number of carbonyl (C=O) groups is 2. The molecule has 1 aliphatic rings. The molecule has 7 nitrogen and oxygen atoms in total. The highest BCUT2D eigenvalue weighted by atomic mass is 16.6. The average molecular weight is 374 g/mol. The van der Waals surface area contributed by atoms with Crippen molar-refractivity contribution >= 4 is 12.0 Å². The van der Waals surface area contributed by atoms with Crippen molar-refractivity contribution in [3.05, 3.63) is 37.1 Å². The zero-order chi connectivity index (χ0) is 20.4. The molecular weight excluding hydrogens is 344 g/mol. The summed E-state index contributed by atoms with van der Waals surface area (Å²) in [5.74, 6) is -0.365. The Bertz CT molecular complexity index is 610. The zero-order valence-electron chi connectivity index (χ0n) is 16.5. The van der Waals surface area contributed by atoms with Crippen LogP contribution in [0.4, 0.5) is 4.79 Å². The Morgan fingerprint density at radius 2 is 1.81 bits per heavy atom. The third-order valence-corrected chi connectivity index (χ3v) is 3.95. The smallest absolute Gasteiger partial charge is 0.410 e. The Morgan fingerprint density at radius 3 is 2.26 bits per heavy atom. The van der Waals surface area contributed by atoms with Crippen molar-refractivity contribution in [2.45, 2.75) is 45.3 Å². The van der Waals surface area contributed by atoms with Crippen LogP contribution in [0.1, 0.15) is 33.6 Å². The number of hydrogen-bond donors (Lipinski definition) is 1. The van der Waals surface area contributed by atoms with Crippen LogP contribution >= 0.6 is 0 Å². The predicted molar refractivity (Wildman–Crippen MR) is 105 cm³/mol. The number of nitrogens with one attached hydrogen (secondary N) is 1. The van der Waals surface area contributed by atoms with Crippen molar-refractivity contribution in [1.82, 2.24) is 15.1 Å². The first-order valence-corrected chi connectivity index (χ1v) is 9.07. The maximum absolute atomic E-state index is 12.4. The van der Waals surface area contributed by atoms with E-state index in [4.69, 9.17) is 4.74 Å². The second-order valence-corrected chi connectivity index (χ2v) is 7.37. The van der Waals surface area contributed by atoms with Crippen molar-refractivity contribution in [3.8, 4) is 6.07 Å². The van der Waals surface area contributed by atoms with E-state index in [1.54, 1.807) is 17.1 Å². The molecule has 1 saturated heterocycles. The van der Waals surface area contributed by atoms with Crippen LogP contribution in [0.25, 0.3) is 0 Å². The van der Waals surface area contributed by atoms with E-state index in [9.17, 15) is 14.9 Å². The highest BCUT2D eigenvalue weighted by Crippen LogP contribution is 2.15. The van der Waals surface area contributed by atoms with E-state index in [1.165, 1.54) is 11.1 Å². The van der Waals surface area contributed by atoms with Gasteiger partial charge < -0.3 is 19.9 Å². The number of rotatable bonds is 7. The lowest BCUT2D eigenvalue weighted by atomic mass is 10.1. The molecule has 2 amide bonds. The van der Waals surface area contributed by atoms with Gasteiger partial charge in [0, 0.05) is 38.4 Å². The fourth-order valence-corrected chi connectivity index (χ4v) is 2.62. The first-order chi connectivity index (χ1) is 12.7. The molecule has 0 bridgehead atoms. The van der Waals surface area contributed by atoms with E-state index in [0.717, 1.165) is 0 Å². The number of amides is 2. The van der Waals surface area contributed by atoms with Gasteiger partial charge in [-0.3, -0.25) is 4.79 Å². The quantitative estimate of drug-likeness (QED) is 0.420. The second kappa shape index (κ2) is 10.4. The lowest BCUT2D eigenvalue weighted by Crippen LogP contribution is -2.45. The molecule has 0 saturated carbocycles. The minimum Gasteiger partial charge on any atom is -0.444 e. The molecule has 0 radical (unpaired) electrons. The van der Waals surface area contributed by atoms with E-state index < -0.39 is 5.60 Å². The molecular formula is C20H30N4O3. The number of nitriles is 1. The normalized spacial score (nSPS) is 15.5. The third-order valence-electron chi connectivity index (χ3n) is 3.95. The topological polar surface area (TPSA) is 85.7 Å². The van der Waals surface area contributed by atoms with Crippen LogP contribution in [0.15, 0.2) is 37.1 Å². The molecule has 1 aliphatic heterocycles. The maximum atomic E-state index is 12.4. The Morgan fingerprint density at radius 1 is 1.26 bits per heavy atom. The molecule has 0 unspecified atom stereocenters. The molecule has 1 rings (SSSR count). The molecule has 1 fully saturated rings. The van der Waals surface area contributed by atoms with Crippen LogP contribution < -0.4 is 5.32 Å². The van der Waals surface area contributed by atoms with Crippen LogP contribution in [0.3, 0.4) is 0 Å². The summed E-state index contributed by atoms with van der Waals surface area (Å²) in [5.41, 5.74) is -0.479. The summed E-state index contributed by atoms with van der Waals surface area (Å²) < 4.78 is 5.38. The van der Waals surface area contributed by atoms with Gasteiger partial charge in [-0.2, -0.15) is 5.26 Å². The molecule has 0 aromatic rings. The van der Waals surface area contributed by atoms with Gasteiger partial charge >= 0.3 is 6.09 Å². The maximum Gasteiger partial charge on any atom is 0.410 e. The standard InChI is InChI=1S/C20H30N4O3/c1-6-10-23(11-7-2)18(25)16(14-21)15-22-17-8-12-24(13-9-17)19(26)27-20(3,4)5/h6-7,15,17,22H,1-2,8-13H2,3-5H3/b16-15-. The molecule has 1 heterocycles. The average Bonchev–Trinajstić information content (AvgIpc) is 2.61. The van der Waals surface area contributed by atoms with E-state index >= 15 is 0 Å². The van der Waals surface area contributed by atoms with Gasteiger partial charge in [0.2, 0.25) is 0 Å². The van der Waals surface area contributed by atoms with Crippen molar-refractivity contribution in [1.29, 1.82) is 5.26 Å². The third kappa shape index (κ3) is 7.57. The first-order valence-electron chi connectivity index (χ1n) is 9.07. The first kappa shape index (κ1) is 22.3. The Kier molecular flexibility index (Phi) is 8.60. The molecule has 1 N–H and O–H groups in total. The SMILES string of the molecule is C=CCN(CC=C)C(=O)/C(C#N)=C\NC1CCN(C(=O)OC(C)(C)C)CC1. The van der Waals surface area contributed by atoms with Gasteiger partial charge in [0.25, 0.3) is 5.91 Å². The van der Waals surface area contributed by atoms with Crippen LogP contribution in [0.2, 0.25) is 0 Å². The van der Waals surface area contributed by atoms with E-state index in [0.29, 0.717) is 39.0 Å². The van der Waals surface area contributed by atoms with Crippen LogP contribution in [-0.4, -0.2) is 59.6 Å². The molecule has 0 atom stereocenters. The largest absolute Gasteiger partial charge is 0.444 e. The Balaban J connectivity index is 2.60. The molecule has 0 spiro atoms.